The second-order valence-corrected chi connectivity index (χ2v) is 10.9. The van der Waals surface area contributed by atoms with E-state index in [1.165, 1.54) is 82.7 Å². The van der Waals surface area contributed by atoms with Gasteiger partial charge in [0.05, 0.1) is 11.7 Å². The molecule has 2 N–H and O–H groups in total. The molecule has 1 saturated heterocycles. The van der Waals surface area contributed by atoms with Crippen molar-refractivity contribution >= 4 is 0 Å². The lowest BCUT2D eigenvalue weighted by atomic mass is 9.70. The van der Waals surface area contributed by atoms with Crippen LogP contribution in [0.15, 0.2) is 46.0 Å². The van der Waals surface area contributed by atoms with Gasteiger partial charge in [-0.2, -0.15) is 10.5 Å². The molecule has 3 atom stereocenters. The zero-order valence-corrected chi connectivity index (χ0v) is 19.6. The van der Waals surface area contributed by atoms with Crippen LogP contribution in [0.25, 0.3) is 0 Å². The Hall–Kier alpha value is -2.50. The van der Waals surface area contributed by atoms with E-state index >= 15 is 0 Å². The quantitative estimate of drug-likeness (QED) is 0.559. The van der Waals surface area contributed by atoms with Gasteiger partial charge in [-0.1, -0.05) is 31.3 Å². The average Bonchev–Trinajstić information content (AvgIpc) is 3.18. The minimum absolute atomic E-state index is 0.0552. The Bertz CT molecular complexity index is 1030. The van der Waals surface area contributed by atoms with Crippen LogP contribution in [-0.2, 0) is 0 Å². The third-order valence-electron chi connectivity index (χ3n) is 9.11. The Balaban J connectivity index is 1.47. The van der Waals surface area contributed by atoms with Crippen molar-refractivity contribution in [1.29, 1.82) is 10.5 Å². The van der Waals surface area contributed by atoms with Crippen LogP contribution in [-0.4, -0.2) is 22.6 Å². The Morgan fingerprint density at radius 3 is 2.58 bits per heavy atom. The number of nitrogens with one attached hydrogen (secondary N) is 2. The van der Waals surface area contributed by atoms with Gasteiger partial charge in [0.2, 0.25) is 0 Å². The highest BCUT2D eigenvalue weighted by Crippen LogP contribution is 2.55. The van der Waals surface area contributed by atoms with Crippen LogP contribution >= 0.6 is 0 Å². The van der Waals surface area contributed by atoms with Gasteiger partial charge in [-0.05, 0) is 82.3 Å². The third-order valence-corrected chi connectivity index (χ3v) is 9.11. The van der Waals surface area contributed by atoms with Crippen molar-refractivity contribution in [2.24, 2.45) is 5.92 Å². The molecular weight excluding hydrogens is 406 g/mol. The van der Waals surface area contributed by atoms with E-state index in [2.05, 4.69) is 39.8 Å². The lowest BCUT2D eigenvalue weighted by molar-refractivity contribution is 0.0304. The number of allylic oxidation sites excluding steroid dienone is 4. The number of rotatable bonds is 2. The molecule has 5 nitrogen and oxygen atoms in total. The smallest absolute Gasteiger partial charge is 0.134 e. The molecule has 2 heterocycles. The van der Waals surface area contributed by atoms with Gasteiger partial charge in [-0.15, -0.1) is 0 Å². The molecule has 4 aliphatic carbocycles. The summed E-state index contributed by atoms with van der Waals surface area (Å²) in [6.07, 6.45) is 21.9. The molecule has 33 heavy (non-hydrogen) atoms. The standard InChI is InChI=1S/C28H35N5/c29-17-20(18-30)24-15-23(31-22-10-2-1-3-11-22)16-26-27(24)32-28-13-7-6-9-21(28)14-19-8-4-5-12-25(19)33(26)28/h15-16,21-22,27,31-32H,1-14H2/t21-,27+,28+/m0/s1. The van der Waals surface area contributed by atoms with Gasteiger partial charge in [-0.25, -0.2) is 0 Å². The lowest BCUT2D eigenvalue weighted by Crippen LogP contribution is -2.60. The highest BCUT2D eigenvalue weighted by Gasteiger charge is 2.58. The van der Waals surface area contributed by atoms with Gasteiger partial charge < -0.3 is 10.2 Å². The van der Waals surface area contributed by atoms with Crippen molar-refractivity contribution in [2.45, 2.75) is 108 Å². The Morgan fingerprint density at radius 1 is 0.970 bits per heavy atom. The fourth-order valence-corrected chi connectivity index (χ4v) is 7.64. The highest BCUT2D eigenvalue weighted by atomic mass is 15.4. The van der Waals surface area contributed by atoms with E-state index in [1.807, 2.05) is 0 Å². The molecule has 6 aliphatic rings. The van der Waals surface area contributed by atoms with Gasteiger partial charge >= 0.3 is 0 Å². The molecule has 0 aromatic heterocycles. The number of fused-ring (bicyclic) bond motifs is 3. The molecule has 0 bridgehead atoms. The van der Waals surface area contributed by atoms with E-state index in [4.69, 9.17) is 0 Å². The van der Waals surface area contributed by atoms with Crippen molar-refractivity contribution < 1.29 is 0 Å². The number of nitrogens with zero attached hydrogens (tertiary/aromatic N) is 3. The Labute approximate surface area is 197 Å². The minimum atomic E-state index is -0.0643. The Morgan fingerprint density at radius 2 is 1.76 bits per heavy atom. The van der Waals surface area contributed by atoms with E-state index in [0.29, 0.717) is 12.0 Å². The fraction of sp³-hybridized carbons (Fsp3) is 0.643. The molecule has 0 aromatic rings. The van der Waals surface area contributed by atoms with Gasteiger partial charge in [0.1, 0.15) is 17.7 Å². The molecule has 6 rings (SSSR count). The van der Waals surface area contributed by atoms with Crippen molar-refractivity contribution in [3.05, 3.63) is 46.0 Å². The first-order valence-electron chi connectivity index (χ1n) is 13.3. The van der Waals surface area contributed by atoms with E-state index in [0.717, 1.165) is 24.1 Å². The molecule has 3 fully saturated rings. The van der Waals surface area contributed by atoms with Gasteiger partial charge in [-0.3, -0.25) is 5.32 Å². The molecule has 172 valence electrons. The summed E-state index contributed by atoms with van der Waals surface area (Å²) in [7, 11) is 0. The van der Waals surface area contributed by atoms with Crippen LogP contribution in [0.1, 0.15) is 89.9 Å². The summed E-state index contributed by atoms with van der Waals surface area (Å²) in [6.45, 7) is 0. The molecule has 2 saturated carbocycles. The predicted molar refractivity (Wildman–Crippen MR) is 128 cm³/mol. The van der Waals surface area contributed by atoms with Crippen LogP contribution in [0.5, 0.6) is 0 Å². The second kappa shape index (κ2) is 8.37. The van der Waals surface area contributed by atoms with Crippen molar-refractivity contribution in [3.8, 4) is 12.1 Å². The first-order valence-corrected chi connectivity index (χ1v) is 13.3. The van der Waals surface area contributed by atoms with E-state index < -0.39 is 0 Å². The fourth-order valence-electron chi connectivity index (χ4n) is 7.64. The van der Waals surface area contributed by atoms with Crippen LogP contribution < -0.4 is 10.6 Å². The highest BCUT2D eigenvalue weighted by molar-refractivity contribution is 5.58. The number of hydrogen-bond donors (Lipinski definition) is 2. The van der Waals surface area contributed by atoms with Crippen molar-refractivity contribution in [3.63, 3.8) is 0 Å². The first kappa shape index (κ1) is 21.1. The monoisotopic (exact) mass is 441 g/mol. The predicted octanol–water partition coefficient (Wildman–Crippen LogP) is 5.43. The Kier molecular flexibility index (Phi) is 5.34. The summed E-state index contributed by atoms with van der Waals surface area (Å²) in [5.74, 6) is 0.609. The van der Waals surface area contributed by atoms with Gasteiger partial charge in [0.15, 0.2) is 0 Å². The average molecular weight is 442 g/mol. The summed E-state index contributed by atoms with van der Waals surface area (Å²) in [6, 6.07) is 4.85. The second-order valence-electron chi connectivity index (χ2n) is 10.9. The van der Waals surface area contributed by atoms with Crippen LogP contribution in [0, 0.1) is 28.6 Å². The number of hydrogen-bond acceptors (Lipinski definition) is 5. The SMILES string of the molecule is N#CC(C#N)=C1C=C(NC2CCCCC2)C=C2[C@@H]1N[C@@]13CCCC[C@H]1CC1=C(CCCC1)N23. The first-order chi connectivity index (χ1) is 16.2. The maximum absolute atomic E-state index is 9.83. The summed E-state index contributed by atoms with van der Waals surface area (Å²) < 4.78 is 0. The molecule has 0 unspecified atom stereocenters. The maximum Gasteiger partial charge on any atom is 0.134 e. The lowest BCUT2D eigenvalue weighted by Gasteiger charge is -2.54. The summed E-state index contributed by atoms with van der Waals surface area (Å²) >= 11 is 0. The summed E-state index contributed by atoms with van der Waals surface area (Å²) in [5.41, 5.74) is 6.64. The molecule has 5 heteroatoms. The van der Waals surface area contributed by atoms with Crippen LogP contribution in [0.4, 0.5) is 0 Å². The minimum Gasteiger partial charge on any atom is -0.382 e. The zero-order valence-electron chi connectivity index (χ0n) is 19.6. The summed E-state index contributed by atoms with van der Waals surface area (Å²) in [5, 5.41) is 27.5. The normalized spacial score (nSPS) is 33.5. The van der Waals surface area contributed by atoms with Crippen LogP contribution in [0.2, 0.25) is 0 Å². The molecule has 1 spiro atoms. The molecular formula is C28H35N5. The van der Waals surface area contributed by atoms with Crippen molar-refractivity contribution in [1.82, 2.24) is 15.5 Å². The summed E-state index contributed by atoms with van der Waals surface area (Å²) in [4.78, 5) is 2.70. The van der Waals surface area contributed by atoms with E-state index in [1.54, 1.807) is 11.3 Å². The topological polar surface area (TPSA) is 74.9 Å². The maximum atomic E-state index is 9.83. The van der Waals surface area contributed by atoms with Gasteiger partial charge in [0.25, 0.3) is 0 Å². The number of nitriles is 2. The van der Waals surface area contributed by atoms with Crippen LogP contribution in [0.3, 0.4) is 0 Å². The molecule has 0 radical (unpaired) electrons. The van der Waals surface area contributed by atoms with E-state index in [9.17, 15) is 10.5 Å². The zero-order chi connectivity index (χ0) is 22.4. The molecule has 2 aliphatic heterocycles. The third kappa shape index (κ3) is 3.36. The van der Waals surface area contributed by atoms with Gasteiger partial charge in [0, 0.05) is 28.7 Å². The van der Waals surface area contributed by atoms with E-state index in [-0.39, 0.29) is 17.3 Å². The largest absolute Gasteiger partial charge is 0.382 e. The van der Waals surface area contributed by atoms with Crippen molar-refractivity contribution in [2.75, 3.05) is 0 Å². The molecule has 0 aromatic carbocycles. The molecule has 0 amide bonds.